The van der Waals surface area contributed by atoms with Crippen molar-refractivity contribution >= 4 is 23.5 Å². The van der Waals surface area contributed by atoms with Crippen molar-refractivity contribution in [2.24, 2.45) is 0 Å². The second-order valence-corrected chi connectivity index (χ2v) is 6.72. The van der Waals surface area contributed by atoms with E-state index in [1.165, 1.54) is 30.4 Å². The van der Waals surface area contributed by atoms with E-state index >= 15 is 0 Å². The molecule has 29 heavy (non-hydrogen) atoms. The van der Waals surface area contributed by atoms with Crippen molar-refractivity contribution in [1.82, 2.24) is 19.7 Å². The Bertz CT molecular complexity index is 973. The lowest BCUT2D eigenvalue weighted by atomic mass is 10.1. The third-order valence-corrected chi connectivity index (χ3v) is 4.56. The fourth-order valence-electron chi connectivity index (χ4n) is 2.58. The Kier molecular flexibility index (Phi) is 6.56. The summed E-state index contributed by atoms with van der Waals surface area (Å²) in [5.41, 5.74) is 1.46. The molecule has 7 nitrogen and oxygen atoms in total. The Morgan fingerprint density at radius 2 is 1.97 bits per heavy atom. The van der Waals surface area contributed by atoms with Crippen LogP contribution >= 0.6 is 11.6 Å². The van der Waals surface area contributed by atoms with Gasteiger partial charge in [-0.15, -0.1) is 0 Å². The molecule has 0 N–H and O–H groups in total. The minimum absolute atomic E-state index is 0.0289. The van der Waals surface area contributed by atoms with E-state index in [0.717, 1.165) is 5.56 Å². The predicted octanol–water partition coefficient (Wildman–Crippen LogP) is 2.93. The molecule has 0 aliphatic carbocycles. The number of esters is 1. The molecule has 9 heteroatoms. The maximum absolute atomic E-state index is 13.8. The minimum atomic E-state index is -0.622. The Hall–Kier alpha value is -3.26. The summed E-state index contributed by atoms with van der Waals surface area (Å²) in [6, 6.07) is 11.1. The Morgan fingerprint density at radius 1 is 1.21 bits per heavy atom. The lowest BCUT2D eigenvalue weighted by Gasteiger charge is -2.18. The lowest BCUT2D eigenvalue weighted by molar-refractivity contribution is -0.133. The molecule has 0 spiro atoms. The molecule has 0 fully saturated rings. The van der Waals surface area contributed by atoms with Crippen LogP contribution in [0.15, 0.2) is 55.1 Å². The number of ether oxygens (including phenoxy) is 1. The monoisotopic (exact) mass is 416 g/mol. The molecule has 1 aromatic heterocycles. The number of carbonyl (C=O) groups is 2. The van der Waals surface area contributed by atoms with Gasteiger partial charge in [-0.3, -0.25) is 4.79 Å². The van der Waals surface area contributed by atoms with Crippen LogP contribution in [0.25, 0.3) is 0 Å². The highest BCUT2D eigenvalue weighted by Crippen LogP contribution is 2.20. The third-order valence-electron chi connectivity index (χ3n) is 4.21. The number of halogens is 2. The highest BCUT2D eigenvalue weighted by molar-refractivity contribution is 6.31. The van der Waals surface area contributed by atoms with Crippen molar-refractivity contribution in [2.75, 3.05) is 13.7 Å². The second-order valence-electron chi connectivity index (χ2n) is 6.32. The molecule has 150 valence electrons. The van der Waals surface area contributed by atoms with E-state index < -0.39 is 24.3 Å². The predicted molar refractivity (Wildman–Crippen MR) is 104 cm³/mol. The lowest BCUT2D eigenvalue weighted by Crippen LogP contribution is -2.31. The van der Waals surface area contributed by atoms with E-state index in [1.54, 1.807) is 41.3 Å². The molecule has 0 unspecified atom stereocenters. The fourth-order valence-corrected chi connectivity index (χ4v) is 2.80. The standard InChI is InChI=1S/C20H18ClFN4O3/c1-25(10-16-17(21)3-2-4-18(16)22)19(27)11-29-20(28)15-7-5-14(6-8-15)9-26-13-23-12-24-26/h2-8,12-13H,9-11H2,1H3. The fraction of sp³-hybridized carbons (Fsp3) is 0.200. The minimum Gasteiger partial charge on any atom is -0.452 e. The van der Waals surface area contributed by atoms with Crippen molar-refractivity contribution in [3.8, 4) is 0 Å². The highest BCUT2D eigenvalue weighted by Gasteiger charge is 2.16. The van der Waals surface area contributed by atoms with E-state index in [-0.39, 0.29) is 17.1 Å². The summed E-state index contributed by atoms with van der Waals surface area (Å²) in [6.45, 7) is 0.0399. The summed E-state index contributed by atoms with van der Waals surface area (Å²) in [4.78, 5) is 29.5. The van der Waals surface area contributed by atoms with Gasteiger partial charge >= 0.3 is 5.97 Å². The van der Waals surface area contributed by atoms with Crippen LogP contribution in [0.4, 0.5) is 4.39 Å². The molecule has 3 rings (SSSR count). The summed E-state index contributed by atoms with van der Waals surface area (Å²) in [5.74, 6) is -1.59. The largest absolute Gasteiger partial charge is 0.452 e. The summed E-state index contributed by atoms with van der Waals surface area (Å²) >= 11 is 5.97. The second kappa shape index (κ2) is 9.29. The number of amides is 1. The van der Waals surface area contributed by atoms with Crippen molar-refractivity contribution in [3.05, 3.63) is 82.6 Å². The molecule has 1 heterocycles. The number of nitrogens with zero attached hydrogens (tertiary/aromatic N) is 4. The molecule has 0 atom stereocenters. The van der Waals surface area contributed by atoms with Crippen LogP contribution in [-0.4, -0.2) is 45.2 Å². The van der Waals surface area contributed by atoms with Crippen LogP contribution in [0.3, 0.4) is 0 Å². The third kappa shape index (κ3) is 5.39. The SMILES string of the molecule is CN(Cc1c(F)cccc1Cl)C(=O)COC(=O)c1ccc(Cn2cncn2)cc1. The topological polar surface area (TPSA) is 77.3 Å². The first-order valence-electron chi connectivity index (χ1n) is 8.69. The first kappa shape index (κ1) is 20.5. The molecule has 0 aliphatic heterocycles. The normalized spacial score (nSPS) is 10.6. The van der Waals surface area contributed by atoms with Gasteiger partial charge in [-0.1, -0.05) is 29.8 Å². The molecule has 0 radical (unpaired) electrons. The van der Waals surface area contributed by atoms with Gasteiger partial charge in [-0.05, 0) is 29.8 Å². The zero-order valence-corrected chi connectivity index (χ0v) is 16.3. The molecule has 0 aliphatic rings. The number of rotatable bonds is 7. The number of hydrogen-bond donors (Lipinski definition) is 0. The zero-order chi connectivity index (χ0) is 20.8. The average molecular weight is 417 g/mol. The van der Waals surface area contributed by atoms with Gasteiger partial charge in [0.2, 0.25) is 0 Å². The molecule has 0 saturated heterocycles. The van der Waals surface area contributed by atoms with Gasteiger partial charge in [-0.2, -0.15) is 5.10 Å². The van der Waals surface area contributed by atoms with E-state index in [4.69, 9.17) is 16.3 Å². The molecule has 0 bridgehead atoms. The maximum atomic E-state index is 13.8. The molecule has 0 saturated carbocycles. The van der Waals surface area contributed by atoms with Crippen molar-refractivity contribution in [1.29, 1.82) is 0 Å². The molecule has 2 aromatic carbocycles. The van der Waals surface area contributed by atoms with Crippen LogP contribution in [-0.2, 0) is 22.6 Å². The number of likely N-dealkylation sites (N-methyl/N-ethyl adjacent to an activating group) is 1. The highest BCUT2D eigenvalue weighted by atomic mass is 35.5. The number of aromatic nitrogens is 3. The maximum Gasteiger partial charge on any atom is 0.338 e. The Labute approximate surface area is 171 Å². The van der Waals surface area contributed by atoms with E-state index in [9.17, 15) is 14.0 Å². The molecular formula is C20H18ClFN4O3. The average Bonchev–Trinajstić information content (AvgIpc) is 3.22. The molecule has 3 aromatic rings. The van der Waals surface area contributed by atoms with Crippen molar-refractivity contribution in [2.45, 2.75) is 13.1 Å². The first-order valence-corrected chi connectivity index (χ1v) is 9.07. The quantitative estimate of drug-likeness (QED) is 0.553. The van der Waals surface area contributed by atoms with E-state index in [1.807, 2.05) is 0 Å². The van der Waals surface area contributed by atoms with Gasteiger partial charge in [0.05, 0.1) is 12.1 Å². The van der Waals surface area contributed by atoms with E-state index in [0.29, 0.717) is 12.1 Å². The number of carbonyl (C=O) groups excluding carboxylic acids is 2. The summed E-state index contributed by atoms with van der Waals surface area (Å²) in [6.07, 6.45) is 3.04. The van der Waals surface area contributed by atoms with Crippen LogP contribution in [0.5, 0.6) is 0 Å². The Balaban J connectivity index is 1.52. The molecular weight excluding hydrogens is 399 g/mol. The number of hydrogen-bond acceptors (Lipinski definition) is 5. The summed E-state index contributed by atoms with van der Waals surface area (Å²) in [5, 5.41) is 4.24. The molecule has 1 amide bonds. The smallest absolute Gasteiger partial charge is 0.338 e. The number of benzene rings is 2. The van der Waals surface area contributed by atoms with Gasteiger partial charge in [-0.25, -0.2) is 18.9 Å². The summed E-state index contributed by atoms with van der Waals surface area (Å²) < 4.78 is 20.6. The van der Waals surface area contributed by atoms with Gasteiger partial charge in [0, 0.05) is 24.2 Å². The van der Waals surface area contributed by atoms with Crippen LogP contribution in [0.1, 0.15) is 21.5 Å². The van der Waals surface area contributed by atoms with Crippen LogP contribution < -0.4 is 0 Å². The van der Waals surface area contributed by atoms with Crippen LogP contribution in [0, 0.1) is 5.82 Å². The van der Waals surface area contributed by atoms with E-state index in [2.05, 4.69) is 10.1 Å². The van der Waals surface area contributed by atoms with Crippen LogP contribution in [0.2, 0.25) is 5.02 Å². The zero-order valence-electron chi connectivity index (χ0n) is 15.6. The van der Waals surface area contributed by atoms with Gasteiger partial charge in [0.25, 0.3) is 5.91 Å². The first-order chi connectivity index (χ1) is 13.9. The van der Waals surface area contributed by atoms with Crippen molar-refractivity contribution < 1.29 is 18.7 Å². The van der Waals surface area contributed by atoms with Gasteiger partial charge in [0.1, 0.15) is 18.5 Å². The van der Waals surface area contributed by atoms with Gasteiger partial charge < -0.3 is 9.64 Å². The summed E-state index contributed by atoms with van der Waals surface area (Å²) in [7, 11) is 1.48. The van der Waals surface area contributed by atoms with Crippen molar-refractivity contribution in [3.63, 3.8) is 0 Å². The van der Waals surface area contributed by atoms with Gasteiger partial charge in [0.15, 0.2) is 6.61 Å². The Morgan fingerprint density at radius 3 is 2.62 bits per heavy atom.